The summed E-state index contributed by atoms with van der Waals surface area (Å²) in [6.45, 7) is 6.05. The number of hydrogen-bond acceptors (Lipinski definition) is 4. The Morgan fingerprint density at radius 3 is 2.54 bits per heavy atom. The van der Waals surface area contributed by atoms with E-state index in [-0.39, 0.29) is 16.0 Å². The van der Waals surface area contributed by atoms with Crippen LogP contribution in [0, 0.1) is 0 Å². The van der Waals surface area contributed by atoms with E-state index in [1.54, 1.807) is 0 Å². The van der Waals surface area contributed by atoms with E-state index in [4.69, 9.17) is 0 Å². The standard InChI is InChI=1S/C19H28N2O4S/c1-19(2,3)21-16-10-9-15(18(22)23)13-17(16)26(24,25)20-12-11-14-7-5-4-6-8-14/h7,9-10,13,20-21H,4-6,8,11-12H2,1-3H3,(H,22,23). The van der Waals surface area contributed by atoms with Crippen LogP contribution in [0.15, 0.2) is 34.7 Å². The van der Waals surface area contributed by atoms with Gasteiger partial charge in [-0.2, -0.15) is 0 Å². The predicted molar refractivity (Wildman–Crippen MR) is 103 cm³/mol. The van der Waals surface area contributed by atoms with Crippen molar-refractivity contribution in [2.24, 2.45) is 0 Å². The minimum absolute atomic E-state index is 0.0371. The Labute approximate surface area is 155 Å². The molecule has 1 aliphatic carbocycles. The Hall–Kier alpha value is -1.86. The van der Waals surface area contributed by atoms with Crippen molar-refractivity contribution in [3.05, 3.63) is 35.4 Å². The van der Waals surface area contributed by atoms with Crippen molar-refractivity contribution in [3.63, 3.8) is 0 Å². The van der Waals surface area contributed by atoms with Crippen LogP contribution in [-0.2, 0) is 10.0 Å². The van der Waals surface area contributed by atoms with Crippen LogP contribution in [0.5, 0.6) is 0 Å². The summed E-state index contributed by atoms with van der Waals surface area (Å²) in [6.07, 6.45) is 7.29. The van der Waals surface area contributed by atoms with Crippen molar-refractivity contribution in [2.45, 2.75) is 63.3 Å². The number of allylic oxidation sites excluding steroid dienone is 1. The maximum absolute atomic E-state index is 12.8. The van der Waals surface area contributed by atoms with Gasteiger partial charge in [-0.3, -0.25) is 0 Å². The van der Waals surface area contributed by atoms with Gasteiger partial charge in [-0.25, -0.2) is 17.9 Å². The number of rotatable bonds is 7. The summed E-state index contributed by atoms with van der Waals surface area (Å²) < 4.78 is 28.2. The van der Waals surface area contributed by atoms with E-state index < -0.39 is 16.0 Å². The Morgan fingerprint density at radius 2 is 1.96 bits per heavy atom. The number of carboxylic acids is 1. The quantitative estimate of drug-likeness (QED) is 0.626. The van der Waals surface area contributed by atoms with Crippen LogP contribution in [0.1, 0.15) is 63.2 Å². The van der Waals surface area contributed by atoms with E-state index in [1.807, 2.05) is 20.8 Å². The number of benzene rings is 1. The maximum atomic E-state index is 12.8. The topological polar surface area (TPSA) is 95.5 Å². The van der Waals surface area contributed by atoms with Gasteiger partial charge in [0.05, 0.1) is 11.3 Å². The first-order valence-corrected chi connectivity index (χ1v) is 10.4. The molecule has 0 heterocycles. The molecule has 0 atom stereocenters. The zero-order valence-electron chi connectivity index (χ0n) is 15.6. The van der Waals surface area contributed by atoms with Gasteiger partial charge < -0.3 is 10.4 Å². The van der Waals surface area contributed by atoms with Crippen LogP contribution < -0.4 is 10.0 Å². The molecule has 3 N–H and O–H groups in total. The summed E-state index contributed by atoms with van der Waals surface area (Å²) in [4.78, 5) is 11.2. The first kappa shape index (κ1) is 20.5. The van der Waals surface area contributed by atoms with E-state index in [0.29, 0.717) is 18.7 Å². The first-order chi connectivity index (χ1) is 12.1. The Morgan fingerprint density at radius 1 is 1.23 bits per heavy atom. The molecule has 0 spiro atoms. The fourth-order valence-electron chi connectivity index (χ4n) is 2.94. The second kappa shape index (κ2) is 8.22. The lowest BCUT2D eigenvalue weighted by molar-refractivity contribution is 0.0696. The molecule has 0 unspecified atom stereocenters. The summed E-state index contributed by atoms with van der Waals surface area (Å²) in [6, 6.07) is 4.12. The molecule has 2 rings (SSSR count). The molecule has 1 aliphatic rings. The SMILES string of the molecule is CC(C)(C)Nc1ccc(C(=O)O)cc1S(=O)(=O)NCCC1=CCCCC1. The van der Waals surface area contributed by atoms with E-state index in [9.17, 15) is 18.3 Å². The largest absolute Gasteiger partial charge is 0.478 e. The van der Waals surface area contributed by atoms with Crippen LogP contribution in [0.25, 0.3) is 0 Å². The average Bonchev–Trinajstić information content (AvgIpc) is 2.54. The summed E-state index contributed by atoms with van der Waals surface area (Å²) in [5.41, 5.74) is 1.26. The van der Waals surface area contributed by atoms with Gasteiger partial charge in [-0.05, 0) is 71.1 Å². The Kier molecular flexibility index (Phi) is 6.47. The highest BCUT2D eigenvalue weighted by Crippen LogP contribution is 2.26. The monoisotopic (exact) mass is 380 g/mol. The highest BCUT2D eigenvalue weighted by molar-refractivity contribution is 7.89. The van der Waals surface area contributed by atoms with Crippen LogP contribution in [0.3, 0.4) is 0 Å². The van der Waals surface area contributed by atoms with Crippen LogP contribution in [-0.4, -0.2) is 31.6 Å². The number of anilines is 1. The average molecular weight is 381 g/mol. The van der Waals surface area contributed by atoms with Crippen molar-refractivity contribution in [2.75, 3.05) is 11.9 Å². The molecule has 0 radical (unpaired) electrons. The number of nitrogens with one attached hydrogen (secondary N) is 2. The Bertz CT molecular complexity index is 792. The van der Waals surface area contributed by atoms with Gasteiger partial charge in [0.1, 0.15) is 4.90 Å². The van der Waals surface area contributed by atoms with Gasteiger partial charge in [-0.1, -0.05) is 11.6 Å². The molecule has 26 heavy (non-hydrogen) atoms. The van der Waals surface area contributed by atoms with Crippen molar-refractivity contribution in [1.29, 1.82) is 0 Å². The summed E-state index contributed by atoms with van der Waals surface area (Å²) >= 11 is 0. The lowest BCUT2D eigenvalue weighted by Crippen LogP contribution is -2.30. The Balaban J connectivity index is 2.22. The molecule has 0 saturated heterocycles. The highest BCUT2D eigenvalue weighted by Gasteiger charge is 2.23. The van der Waals surface area contributed by atoms with Gasteiger partial charge in [0.15, 0.2) is 0 Å². The van der Waals surface area contributed by atoms with Gasteiger partial charge in [-0.15, -0.1) is 0 Å². The number of sulfonamides is 1. The molecule has 1 aromatic rings. The van der Waals surface area contributed by atoms with Gasteiger partial charge in [0.2, 0.25) is 10.0 Å². The van der Waals surface area contributed by atoms with E-state index in [0.717, 1.165) is 19.3 Å². The van der Waals surface area contributed by atoms with Crippen LogP contribution >= 0.6 is 0 Å². The number of carbonyl (C=O) groups is 1. The van der Waals surface area contributed by atoms with Crippen LogP contribution in [0.2, 0.25) is 0 Å². The van der Waals surface area contributed by atoms with E-state index in [2.05, 4.69) is 16.1 Å². The fourth-order valence-corrected chi connectivity index (χ4v) is 4.16. The molecule has 0 aliphatic heterocycles. The van der Waals surface area contributed by atoms with E-state index in [1.165, 1.54) is 30.2 Å². The molecule has 0 bridgehead atoms. The first-order valence-electron chi connectivity index (χ1n) is 8.91. The smallest absolute Gasteiger partial charge is 0.335 e. The third-order valence-electron chi connectivity index (χ3n) is 4.15. The lowest BCUT2D eigenvalue weighted by Gasteiger charge is -2.24. The van der Waals surface area contributed by atoms with Crippen molar-refractivity contribution in [1.82, 2.24) is 4.72 Å². The van der Waals surface area contributed by atoms with E-state index >= 15 is 0 Å². The predicted octanol–water partition coefficient (Wildman–Crippen LogP) is 3.76. The van der Waals surface area contributed by atoms with Gasteiger partial charge >= 0.3 is 5.97 Å². The third kappa shape index (κ3) is 5.85. The normalized spacial score (nSPS) is 15.4. The minimum atomic E-state index is -3.82. The maximum Gasteiger partial charge on any atom is 0.335 e. The fraction of sp³-hybridized carbons (Fsp3) is 0.526. The highest BCUT2D eigenvalue weighted by atomic mass is 32.2. The lowest BCUT2D eigenvalue weighted by atomic mass is 9.97. The number of carboxylic acid groups (broad SMARTS) is 1. The summed E-state index contributed by atoms with van der Waals surface area (Å²) in [7, 11) is -3.82. The molecule has 0 amide bonds. The zero-order chi connectivity index (χ0) is 19.4. The third-order valence-corrected chi connectivity index (χ3v) is 5.65. The van der Waals surface area contributed by atoms with Crippen molar-refractivity contribution < 1.29 is 18.3 Å². The summed E-state index contributed by atoms with van der Waals surface area (Å²) in [5.74, 6) is -1.16. The van der Waals surface area contributed by atoms with Crippen molar-refractivity contribution >= 4 is 21.7 Å². The van der Waals surface area contributed by atoms with Crippen molar-refractivity contribution in [3.8, 4) is 0 Å². The van der Waals surface area contributed by atoms with Gasteiger partial charge in [0.25, 0.3) is 0 Å². The molecule has 1 aromatic carbocycles. The molecular formula is C19H28N2O4S. The summed E-state index contributed by atoms with van der Waals surface area (Å²) in [5, 5.41) is 12.3. The molecular weight excluding hydrogens is 352 g/mol. The molecule has 0 fully saturated rings. The van der Waals surface area contributed by atoms with Gasteiger partial charge in [0, 0.05) is 12.1 Å². The molecule has 0 saturated carbocycles. The second-order valence-corrected chi connectivity index (χ2v) is 9.38. The minimum Gasteiger partial charge on any atom is -0.478 e. The molecule has 7 heteroatoms. The second-order valence-electron chi connectivity index (χ2n) is 7.65. The number of aromatic carboxylic acids is 1. The molecule has 0 aromatic heterocycles. The molecule has 144 valence electrons. The molecule has 6 nitrogen and oxygen atoms in total. The zero-order valence-corrected chi connectivity index (χ0v) is 16.4. The van der Waals surface area contributed by atoms with Crippen LogP contribution in [0.4, 0.5) is 5.69 Å². The number of hydrogen-bond donors (Lipinski definition) is 3.